The van der Waals surface area contributed by atoms with Crippen LogP contribution in [0.3, 0.4) is 0 Å². The topological polar surface area (TPSA) is 55.6 Å². The molecule has 0 aromatic carbocycles. The Balaban J connectivity index is 2.21. The van der Waals surface area contributed by atoms with Gasteiger partial charge in [0.2, 0.25) is 0 Å². The fraction of sp³-hybridized carbons (Fsp3) is 0.615. The highest BCUT2D eigenvalue weighted by molar-refractivity contribution is 7.18. The molecule has 2 heterocycles. The SMILES string of the molecule is CCC(=O)c1sc(N2C[C@@H](C)O[C@@H](C)C2)cc1N. The molecule has 4 nitrogen and oxygen atoms in total. The Morgan fingerprint density at radius 3 is 2.67 bits per heavy atom. The standard InChI is InChI=1S/C13H20N2O2S/c1-4-11(16)13-10(14)5-12(18-13)15-6-8(2)17-9(3)7-15/h5,8-9H,4,6-7,14H2,1-3H3/t8-,9+. The van der Waals surface area contributed by atoms with Gasteiger partial charge in [-0.25, -0.2) is 0 Å². The summed E-state index contributed by atoms with van der Waals surface area (Å²) in [5, 5.41) is 1.08. The summed E-state index contributed by atoms with van der Waals surface area (Å²) in [6, 6.07) is 1.92. The number of hydrogen-bond acceptors (Lipinski definition) is 5. The number of hydrogen-bond donors (Lipinski definition) is 1. The Labute approximate surface area is 112 Å². The lowest BCUT2D eigenvalue weighted by Crippen LogP contribution is -2.45. The molecule has 0 unspecified atom stereocenters. The van der Waals surface area contributed by atoms with Gasteiger partial charge in [0.05, 0.1) is 27.8 Å². The summed E-state index contributed by atoms with van der Waals surface area (Å²) in [6.45, 7) is 7.70. The Hall–Kier alpha value is -1.07. The summed E-state index contributed by atoms with van der Waals surface area (Å²) in [5.41, 5.74) is 6.53. The van der Waals surface area contributed by atoms with E-state index in [-0.39, 0.29) is 18.0 Å². The third kappa shape index (κ3) is 2.67. The second kappa shape index (κ2) is 5.28. The van der Waals surface area contributed by atoms with Crippen molar-refractivity contribution in [2.24, 2.45) is 0 Å². The zero-order chi connectivity index (χ0) is 13.3. The number of ether oxygens (including phenoxy) is 1. The first-order valence-corrected chi connectivity index (χ1v) is 7.15. The number of nitrogen functional groups attached to an aromatic ring is 1. The van der Waals surface area contributed by atoms with Gasteiger partial charge in [-0.05, 0) is 19.9 Å². The molecule has 0 amide bonds. The summed E-state index contributed by atoms with van der Waals surface area (Å²) < 4.78 is 5.71. The molecule has 0 aliphatic carbocycles. The minimum absolute atomic E-state index is 0.123. The van der Waals surface area contributed by atoms with E-state index in [1.807, 2.05) is 13.0 Å². The third-order valence-electron chi connectivity index (χ3n) is 3.05. The average molecular weight is 268 g/mol. The van der Waals surface area contributed by atoms with E-state index in [1.165, 1.54) is 11.3 Å². The van der Waals surface area contributed by atoms with Crippen LogP contribution in [0.15, 0.2) is 6.07 Å². The molecule has 0 bridgehead atoms. The fourth-order valence-electron chi connectivity index (χ4n) is 2.28. The van der Waals surface area contributed by atoms with Crippen LogP contribution in [0.4, 0.5) is 10.7 Å². The molecule has 1 fully saturated rings. The van der Waals surface area contributed by atoms with Gasteiger partial charge < -0.3 is 15.4 Å². The number of carbonyl (C=O) groups is 1. The molecule has 5 heteroatoms. The van der Waals surface area contributed by atoms with Gasteiger partial charge >= 0.3 is 0 Å². The summed E-state index contributed by atoms with van der Waals surface area (Å²) >= 11 is 1.50. The van der Waals surface area contributed by atoms with E-state index in [0.717, 1.165) is 18.1 Å². The maximum absolute atomic E-state index is 11.7. The van der Waals surface area contributed by atoms with E-state index >= 15 is 0 Å². The molecular formula is C13H20N2O2S. The van der Waals surface area contributed by atoms with Crippen LogP contribution in [0.5, 0.6) is 0 Å². The highest BCUT2D eigenvalue weighted by atomic mass is 32.1. The number of Topliss-reactive ketones (excluding diaryl/α,β-unsaturated/α-hetero) is 1. The second-order valence-electron chi connectivity index (χ2n) is 4.81. The normalized spacial score (nSPS) is 24.3. The van der Waals surface area contributed by atoms with E-state index in [9.17, 15) is 4.79 Å². The summed E-state index contributed by atoms with van der Waals surface area (Å²) in [4.78, 5) is 14.7. The van der Waals surface area contributed by atoms with E-state index in [0.29, 0.717) is 17.0 Å². The van der Waals surface area contributed by atoms with Crippen molar-refractivity contribution in [2.75, 3.05) is 23.7 Å². The quantitative estimate of drug-likeness (QED) is 0.856. The first-order valence-electron chi connectivity index (χ1n) is 6.34. The lowest BCUT2D eigenvalue weighted by Gasteiger charge is -2.35. The Kier molecular flexibility index (Phi) is 3.92. The first-order chi connectivity index (χ1) is 8.51. The predicted octanol–water partition coefficient (Wildman–Crippen LogP) is 2.54. The van der Waals surface area contributed by atoms with Crippen molar-refractivity contribution in [3.05, 3.63) is 10.9 Å². The van der Waals surface area contributed by atoms with Crippen LogP contribution < -0.4 is 10.6 Å². The largest absolute Gasteiger partial charge is 0.397 e. The Morgan fingerprint density at radius 2 is 2.11 bits per heavy atom. The molecule has 2 N–H and O–H groups in total. The van der Waals surface area contributed by atoms with Crippen LogP contribution in [-0.2, 0) is 4.74 Å². The minimum atomic E-state index is 0.123. The number of thiophene rings is 1. The number of nitrogens with zero attached hydrogens (tertiary/aromatic N) is 1. The van der Waals surface area contributed by atoms with Gasteiger partial charge in [-0.1, -0.05) is 6.92 Å². The van der Waals surface area contributed by atoms with Crippen molar-refractivity contribution >= 4 is 27.8 Å². The number of anilines is 2. The van der Waals surface area contributed by atoms with E-state index < -0.39 is 0 Å². The molecule has 1 saturated heterocycles. The van der Waals surface area contributed by atoms with Gasteiger partial charge in [0, 0.05) is 19.5 Å². The summed E-state index contributed by atoms with van der Waals surface area (Å²) in [6.07, 6.45) is 0.921. The molecule has 0 spiro atoms. The zero-order valence-corrected chi connectivity index (χ0v) is 11.9. The molecule has 2 rings (SSSR count). The minimum Gasteiger partial charge on any atom is -0.397 e. The van der Waals surface area contributed by atoms with Crippen LogP contribution in [0.1, 0.15) is 36.9 Å². The summed E-state index contributed by atoms with van der Waals surface area (Å²) in [5.74, 6) is 0.123. The van der Waals surface area contributed by atoms with E-state index in [4.69, 9.17) is 10.5 Å². The third-order valence-corrected chi connectivity index (χ3v) is 4.31. The molecule has 1 aromatic heterocycles. The molecule has 1 aromatic rings. The zero-order valence-electron chi connectivity index (χ0n) is 11.1. The van der Waals surface area contributed by atoms with Crippen molar-refractivity contribution in [1.82, 2.24) is 0 Å². The molecule has 2 atom stereocenters. The number of nitrogens with two attached hydrogens (primary N) is 1. The highest BCUT2D eigenvalue weighted by Gasteiger charge is 2.25. The molecular weight excluding hydrogens is 248 g/mol. The van der Waals surface area contributed by atoms with Crippen LogP contribution in [0, 0.1) is 0 Å². The van der Waals surface area contributed by atoms with Crippen molar-refractivity contribution in [3.8, 4) is 0 Å². The predicted molar refractivity (Wildman–Crippen MR) is 75.6 cm³/mol. The molecule has 18 heavy (non-hydrogen) atoms. The Morgan fingerprint density at radius 1 is 1.50 bits per heavy atom. The maximum Gasteiger partial charge on any atom is 0.174 e. The molecule has 1 aliphatic rings. The second-order valence-corrected chi connectivity index (χ2v) is 5.84. The van der Waals surface area contributed by atoms with E-state index in [1.54, 1.807) is 0 Å². The van der Waals surface area contributed by atoms with Gasteiger partial charge in [0.15, 0.2) is 5.78 Å². The summed E-state index contributed by atoms with van der Waals surface area (Å²) in [7, 11) is 0. The lowest BCUT2D eigenvalue weighted by atomic mass is 10.2. The molecule has 0 radical (unpaired) electrons. The van der Waals surface area contributed by atoms with Gasteiger partial charge in [0.25, 0.3) is 0 Å². The number of morpholine rings is 1. The smallest absolute Gasteiger partial charge is 0.174 e. The maximum atomic E-state index is 11.7. The number of rotatable bonds is 3. The van der Waals surface area contributed by atoms with Crippen LogP contribution in [-0.4, -0.2) is 31.1 Å². The number of ketones is 1. The van der Waals surface area contributed by atoms with Crippen LogP contribution in [0.25, 0.3) is 0 Å². The molecule has 100 valence electrons. The van der Waals surface area contributed by atoms with E-state index in [2.05, 4.69) is 18.7 Å². The lowest BCUT2D eigenvalue weighted by molar-refractivity contribution is -0.00500. The molecule has 1 aliphatic heterocycles. The van der Waals surface area contributed by atoms with Crippen LogP contribution >= 0.6 is 11.3 Å². The van der Waals surface area contributed by atoms with Crippen LogP contribution in [0.2, 0.25) is 0 Å². The fourth-order valence-corrected chi connectivity index (χ4v) is 3.39. The highest BCUT2D eigenvalue weighted by Crippen LogP contribution is 2.34. The van der Waals surface area contributed by atoms with Gasteiger partial charge in [0.1, 0.15) is 0 Å². The van der Waals surface area contributed by atoms with Crippen molar-refractivity contribution in [3.63, 3.8) is 0 Å². The van der Waals surface area contributed by atoms with Crippen molar-refractivity contribution in [2.45, 2.75) is 39.4 Å². The van der Waals surface area contributed by atoms with Crippen molar-refractivity contribution < 1.29 is 9.53 Å². The first kappa shape index (κ1) is 13.4. The van der Waals surface area contributed by atoms with Gasteiger partial charge in [-0.3, -0.25) is 4.79 Å². The molecule has 0 saturated carbocycles. The van der Waals surface area contributed by atoms with Gasteiger partial charge in [-0.15, -0.1) is 11.3 Å². The van der Waals surface area contributed by atoms with Crippen molar-refractivity contribution in [1.29, 1.82) is 0 Å². The Bertz CT molecular complexity index is 434. The monoisotopic (exact) mass is 268 g/mol. The number of carbonyl (C=O) groups excluding carboxylic acids is 1. The average Bonchev–Trinajstić information content (AvgIpc) is 2.69. The van der Waals surface area contributed by atoms with Gasteiger partial charge in [-0.2, -0.15) is 0 Å².